The topological polar surface area (TPSA) is 21.8 Å². The van der Waals surface area contributed by atoms with Crippen LogP contribution in [0.3, 0.4) is 0 Å². The highest BCUT2D eigenvalue weighted by Gasteiger charge is 2.43. The Balaban J connectivity index is 4.95. The van der Waals surface area contributed by atoms with Gasteiger partial charge in [0.05, 0.1) is 0 Å². The van der Waals surface area contributed by atoms with E-state index in [1.165, 1.54) is 0 Å². The summed E-state index contributed by atoms with van der Waals surface area (Å²) in [5.74, 6) is 0. The number of rotatable bonds is 5. The van der Waals surface area contributed by atoms with Crippen LogP contribution < -0.4 is 4.98 Å². The molecular weight excluding hydrogens is 192 g/mol. The summed E-state index contributed by atoms with van der Waals surface area (Å²) in [5, 5.41) is 0. The van der Waals surface area contributed by atoms with Crippen molar-refractivity contribution >= 4 is 8.72 Å². The lowest BCUT2D eigenvalue weighted by molar-refractivity contribution is 0.347. The molecule has 0 aliphatic rings. The van der Waals surface area contributed by atoms with Crippen LogP contribution in [0, 0.1) is 0 Å². The van der Waals surface area contributed by atoms with Gasteiger partial charge in [-0.15, -0.1) is 0 Å². The number of nitrogens with zero attached hydrogens (tertiary/aromatic N) is 3. The minimum atomic E-state index is -1.84. The Morgan fingerprint density at radius 3 is 1.14 bits per heavy atom. The van der Waals surface area contributed by atoms with Gasteiger partial charge in [-0.2, -0.15) is 0 Å². The summed E-state index contributed by atoms with van der Waals surface area (Å²) in [6, 6.07) is 0.494. The maximum atomic E-state index is 3.71. The first kappa shape index (κ1) is 14.1. The van der Waals surface area contributed by atoms with Crippen LogP contribution in [0.4, 0.5) is 0 Å². The second-order valence-electron chi connectivity index (χ2n) is 4.62. The Bertz CT molecular complexity index is 146. The van der Waals surface area contributed by atoms with Crippen molar-refractivity contribution in [1.82, 2.24) is 18.7 Å². The molecule has 0 aromatic heterocycles. The molecule has 14 heavy (non-hydrogen) atoms. The van der Waals surface area contributed by atoms with Gasteiger partial charge in [0, 0.05) is 0 Å². The van der Waals surface area contributed by atoms with Gasteiger partial charge in [0.15, 0.2) is 0 Å². The van der Waals surface area contributed by atoms with Crippen molar-refractivity contribution in [3.05, 3.63) is 0 Å². The molecule has 0 heterocycles. The molecule has 0 unspecified atom stereocenters. The van der Waals surface area contributed by atoms with Crippen LogP contribution >= 0.6 is 0 Å². The van der Waals surface area contributed by atoms with Crippen LogP contribution in [0.5, 0.6) is 0 Å². The standard InChI is InChI=1S/C9H26N4Si/c1-9(2)10-14(11(3)4,12(5)6)13(7)8/h9-10H,1-8H3. The molecule has 0 aliphatic carbocycles. The second-order valence-corrected chi connectivity index (χ2v) is 8.86. The lowest BCUT2D eigenvalue weighted by Gasteiger charge is -2.47. The summed E-state index contributed by atoms with van der Waals surface area (Å²) < 4.78 is 6.94. The van der Waals surface area contributed by atoms with E-state index in [-0.39, 0.29) is 0 Å². The van der Waals surface area contributed by atoms with E-state index >= 15 is 0 Å². The second kappa shape index (κ2) is 5.23. The molecule has 5 heteroatoms. The molecule has 0 aliphatic heterocycles. The molecule has 0 saturated heterocycles. The average molecular weight is 218 g/mol. The predicted molar refractivity (Wildman–Crippen MR) is 65.1 cm³/mol. The Kier molecular flexibility index (Phi) is 5.25. The first-order valence-electron chi connectivity index (χ1n) is 5.05. The number of nitrogens with one attached hydrogen (secondary N) is 1. The van der Waals surface area contributed by atoms with E-state index in [2.05, 4.69) is 74.8 Å². The zero-order chi connectivity index (χ0) is 11.5. The summed E-state index contributed by atoms with van der Waals surface area (Å²) in [4.78, 5) is 3.71. The van der Waals surface area contributed by atoms with E-state index < -0.39 is 8.72 Å². The number of hydrogen-bond donors (Lipinski definition) is 1. The lowest BCUT2D eigenvalue weighted by atomic mass is 10.4. The van der Waals surface area contributed by atoms with Crippen LogP contribution in [-0.2, 0) is 0 Å². The van der Waals surface area contributed by atoms with Crippen LogP contribution in [0.15, 0.2) is 0 Å². The molecule has 0 bridgehead atoms. The fourth-order valence-corrected chi connectivity index (χ4v) is 5.92. The summed E-state index contributed by atoms with van der Waals surface area (Å²) in [6.07, 6.45) is 0. The van der Waals surface area contributed by atoms with Gasteiger partial charge in [-0.05, 0) is 48.3 Å². The lowest BCUT2D eigenvalue weighted by Crippen LogP contribution is -2.79. The van der Waals surface area contributed by atoms with Crippen LogP contribution in [0.2, 0.25) is 0 Å². The largest absolute Gasteiger partial charge is 0.373 e. The van der Waals surface area contributed by atoms with E-state index in [9.17, 15) is 0 Å². The summed E-state index contributed by atoms with van der Waals surface area (Å²) >= 11 is 0. The van der Waals surface area contributed by atoms with Crippen molar-refractivity contribution in [2.24, 2.45) is 0 Å². The Morgan fingerprint density at radius 2 is 1.07 bits per heavy atom. The van der Waals surface area contributed by atoms with Gasteiger partial charge in [0.1, 0.15) is 0 Å². The van der Waals surface area contributed by atoms with Crippen molar-refractivity contribution in [1.29, 1.82) is 0 Å². The third-order valence-electron chi connectivity index (χ3n) is 2.35. The highest BCUT2D eigenvalue weighted by Crippen LogP contribution is 2.09. The first-order valence-corrected chi connectivity index (χ1v) is 6.89. The predicted octanol–water partition coefficient (Wildman–Crippen LogP) is 0.105. The summed E-state index contributed by atoms with van der Waals surface area (Å²) in [5.41, 5.74) is 0. The van der Waals surface area contributed by atoms with E-state index in [1.807, 2.05) is 0 Å². The van der Waals surface area contributed by atoms with Gasteiger partial charge in [-0.3, -0.25) is 18.7 Å². The summed E-state index contributed by atoms with van der Waals surface area (Å²) in [6.45, 7) is 4.39. The van der Waals surface area contributed by atoms with Gasteiger partial charge in [-0.25, -0.2) is 0 Å². The monoisotopic (exact) mass is 218 g/mol. The third-order valence-corrected chi connectivity index (χ3v) is 7.06. The van der Waals surface area contributed by atoms with Crippen LogP contribution in [0.1, 0.15) is 13.8 Å². The van der Waals surface area contributed by atoms with Gasteiger partial charge < -0.3 is 0 Å². The maximum absolute atomic E-state index is 3.71. The third kappa shape index (κ3) is 2.77. The van der Waals surface area contributed by atoms with Gasteiger partial charge in [-0.1, -0.05) is 13.8 Å². The summed E-state index contributed by atoms with van der Waals surface area (Å²) in [7, 11) is 11.0. The van der Waals surface area contributed by atoms with Crippen molar-refractivity contribution in [3.63, 3.8) is 0 Å². The highest BCUT2D eigenvalue weighted by molar-refractivity contribution is 6.68. The van der Waals surface area contributed by atoms with Crippen molar-refractivity contribution in [2.75, 3.05) is 42.3 Å². The molecule has 1 N–H and O–H groups in total. The first-order chi connectivity index (χ1) is 6.25. The minimum Gasteiger partial charge on any atom is -0.298 e. The number of hydrogen-bond acceptors (Lipinski definition) is 4. The molecule has 0 radical (unpaired) electrons. The molecular formula is C9H26N4Si. The normalized spacial score (nSPS) is 13.7. The quantitative estimate of drug-likeness (QED) is 0.661. The zero-order valence-electron chi connectivity index (χ0n) is 10.9. The average Bonchev–Trinajstić information content (AvgIpc) is 1.97. The Morgan fingerprint density at radius 1 is 0.786 bits per heavy atom. The highest BCUT2D eigenvalue weighted by atomic mass is 28.4. The van der Waals surface area contributed by atoms with Gasteiger partial charge in [0.25, 0.3) is 0 Å². The van der Waals surface area contributed by atoms with E-state index in [4.69, 9.17) is 0 Å². The molecule has 0 spiro atoms. The minimum absolute atomic E-state index is 0.494. The van der Waals surface area contributed by atoms with Crippen molar-refractivity contribution in [2.45, 2.75) is 19.9 Å². The van der Waals surface area contributed by atoms with Crippen LogP contribution in [-0.4, -0.2) is 70.7 Å². The fraction of sp³-hybridized carbons (Fsp3) is 1.00. The molecule has 0 rings (SSSR count). The molecule has 4 nitrogen and oxygen atoms in total. The molecule has 0 amide bonds. The smallest absolute Gasteiger partial charge is 0.298 e. The van der Waals surface area contributed by atoms with Crippen LogP contribution in [0.25, 0.3) is 0 Å². The van der Waals surface area contributed by atoms with E-state index in [0.29, 0.717) is 6.04 Å². The Hall–Kier alpha value is 0.0569. The van der Waals surface area contributed by atoms with Gasteiger partial charge >= 0.3 is 8.72 Å². The molecule has 0 aromatic rings. The van der Waals surface area contributed by atoms with E-state index in [1.54, 1.807) is 0 Å². The molecule has 0 fully saturated rings. The zero-order valence-corrected chi connectivity index (χ0v) is 11.9. The molecule has 0 saturated carbocycles. The molecule has 0 aromatic carbocycles. The SMILES string of the molecule is CC(C)N[Si](N(C)C)(N(C)C)N(C)C. The van der Waals surface area contributed by atoms with E-state index in [0.717, 1.165) is 0 Å². The maximum Gasteiger partial charge on any atom is 0.373 e. The Labute approximate surface area is 90.2 Å². The molecule has 0 atom stereocenters. The van der Waals surface area contributed by atoms with Crippen molar-refractivity contribution < 1.29 is 0 Å². The fourth-order valence-electron chi connectivity index (χ4n) is 1.97. The molecule has 86 valence electrons. The van der Waals surface area contributed by atoms with Gasteiger partial charge in [0.2, 0.25) is 0 Å². The van der Waals surface area contributed by atoms with Crippen molar-refractivity contribution in [3.8, 4) is 0 Å².